The molecule has 2 aliphatic heterocycles. The summed E-state index contributed by atoms with van der Waals surface area (Å²) < 4.78 is 36.3. The van der Waals surface area contributed by atoms with Crippen molar-refractivity contribution in [3.05, 3.63) is 0 Å². The summed E-state index contributed by atoms with van der Waals surface area (Å²) in [5, 5.41) is 0. The monoisotopic (exact) mass is 402 g/mol. The predicted octanol–water partition coefficient (Wildman–Crippen LogP) is 3.75. The quantitative estimate of drug-likeness (QED) is 0.631. The third-order valence-corrected chi connectivity index (χ3v) is 9.17. The van der Waals surface area contributed by atoms with E-state index >= 15 is 0 Å². The normalized spacial score (nSPS) is 30.3. The van der Waals surface area contributed by atoms with E-state index in [2.05, 4.69) is 55.4 Å². The fourth-order valence-corrected chi connectivity index (χ4v) is 7.50. The third kappa shape index (κ3) is 7.68. The van der Waals surface area contributed by atoms with E-state index in [1.807, 2.05) is 6.92 Å². The van der Waals surface area contributed by atoms with E-state index in [0.717, 1.165) is 19.3 Å². The predicted molar refractivity (Wildman–Crippen MR) is 102 cm³/mol. The van der Waals surface area contributed by atoms with Crippen LogP contribution in [0.25, 0.3) is 0 Å². The van der Waals surface area contributed by atoms with E-state index in [0.29, 0.717) is 0 Å². The summed E-state index contributed by atoms with van der Waals surface area (Å²) >= 11 is -4.32. The molecular formula is C18H36Al2O6. The minimum atomic E-state index is -2.18. The minimum absolute atomic E-state index is 0.0224. The number of hydrogen-bond acceptors (Lipinski definition) is 6. The summed E-state index contributed by atoms with van der Waals surface area (Å²) in [4.78, 5) is 0. The first-order chi connectivity index (χ1) is 11.8. The molecule has 0 aromatic heterocycles. The summed E-state index contributed by atoms with van der Waals surface area (Å²) in [5.74, 6) is 0. The molecule has 0 radical (unpaired) electrons. The molecule has 8 heteroatoms. The van der Waals surface area contributed by atoms with E-state index in [-0.39, 0.29) is 29.5 Å². The molecule has 0 bridgehead atoms. The highest BCUT2D eigenvalue weighted by Crippen LogP contribution is 2.31. The van der Waals surface area contributed by atoms with Crippen LogP contribution in [0.15, 0.2) is 0 Å². The van der Waals surface area contributed by atoms with Gasteiger partial charge in [-0.2, -0.15) is 0 Å². The van der Waals surface area contributed by atoms with Gasteiger partial charge in [-0.3, -0.25) is 0 Å². The molecule has 3 atom stereocenters. The van der Waals surface area contributed by atoms with Crippen molar-refractivity contribution in [3.8, 4) is 0 Å². The van der Waals surface area contributed by atoms with Gasteiger partial charge in [-0.05, 0) is 81.6 Å². The van der Waals surface area contributed by atoms with Gasteiger partial charge >= 0.3 is 30.3 Å². The number of rotatable bonds is 6. The largest absolute Gasteiger partial charge is 0.906 e. The van der Waals surface area contributed by atoms with Crippen LogP contribution < -0.4 is 0 Å². The lowest BCUT2D eigenvalue weighted by atomic mass is 10.0. The molecule has 150 valence electrons. The molecule has 0 spiro atoms. The second-order valence-corrected chi connectivity index (χ2v) is 12.3. The van der Waals surface area contributed by atoms with Crippen molar-refractivity contribution in [2.75, 3.05) is 0 Å². The molecule has 2 rings (SSSR count). The molecule has 0 aromatic rings. The molecule has 0 N–H and O–H groups in total. The number of hydrogen-bond donors (Lipinski definition) is 0. The Balaban J connectivity index is 1.85. The van der Waals surface area contributed by atoms with Crippen molar-refractivity contribution in [1.29, 1.82) is 0 Å². The molecule has 26 heavy (non-hydrogen) atoms. The summed E-state index contributed by atoms with van der Waals surface area (Å²) in [6, 6.07) is 0. The Bertz CT molecular complexity index is 471. The standard InChI is InChI=1S/3C6H12O2.2Al/c3*1-5(7)4-6(2,3)8;;/h3*5H,4H2,1-3H3;;/q3*-2;2*+3. The molecule has 0 amide bonds. The van der Waals surface area contributed by atoms with Gasteiger partial charge in [0.2, 0.25) is 0 Å². The van der Waals surface area contributed by atoms with E-state index in [1.165, 1.54) is 0 Å². The zero-order chi connectivity index (χ0) is 19.8. The van der Waals surface area contributed by atoms with Crippen LogP contribution in [-0.4, -0.2) is 65.4 Å². The molecule has 6 nitrogen and oxygen atoms in total. The van der Waals surface area contributed by atoms with Crippen molar-refractivity contribution >= 4 is 30.3 Å². The van der Waals surface area contributed by atoms with Crippen molar-refractivity contribution < 1.29 is 22.7 Å². The first-order valence-corrected chi connectivity index (χ1v) is 12.6. The van der Waals surface area contributed by atoms with Crippen LogP contribution >= 0.6 is 0 Å². The lowest BCUT2D eigenvalue weighted by Crippen LogP contribution is -2.51. The second-order valence-electron chi connectivity index (χ2n) is 9.66. The first-order valence-electron chi connectivity index (χ1n) is 9.75. The fraction of sp³-hybridized carbons (Fsp3) is 1.00. The Morgan fingerprint density at radius 2 is 1.42 bits per heavy atom. The maximum absolute atomic E-state index is 6.25. The molecule has 2 aliphatic rings. The van der Waals surface area contributed by atoms with Crippen molar-refractivity contribution in [2.45, 2.75) is 117 Å². The highest BCUT2D eigenvalue weighted by molar-refractivity contribution is 6.37. The van der Waals surface area contributed by atoms with Crippen LogP contribution in [0, 0.1) is 0 Å². The summed E-state index contributed by atoms with van der Waals surface area (Å²) in [6.07, 6.45) is 2.82. The third-order valence-electron chi connectivity index (χ3n) is 4.61. The lowest BCUT2D eigenvalue weighted by molar-refractivity contribution is -0.105. The summed E-state index contributed by atoms with van der Waals surface area (Å²) in [5.41, 5.74) is -0.766. The zero-order valence-electron chi connectivity index (χ0n) is 18.0. The van der Waals surface area contributed by atoms with Gasteiger partial charge in [-0.1, -0.05) is 0 Å². The van der Waals surface area contributed by atoms with Gasteiger partial charge in [-0.15, -0.1) is 0 Å². The molecular weight excluding hydrogens is 366 g/mol. The Labute approximate surface area is 169 Å². The van der Waals surface area contributed by atoms with Gasteiger partial charge in [0.25, 0.3) is 0 Å². The van der Waals surface area contributed by atoms with Crippen molar-refractivity contribution in [1.82, 2.24) is 0 Å². The maximum Gasteiger partial charge on any atom is 0.906 e. The Morgan fingerprint density at radius 3 is 1.92 bits per heavy atom. The minimum Gasteiger partial charge on any atom is -0.452 e. The molecule has 2 heterocycles. The average molecular weight is 402 g/mol. The van der Waals surface area contributed by atoms with E-state index in [9.17, 15) is 0 Å². The molecule has 2 saturated heterocycles. The smallest absolute Gasteiger partial charge is 0.452 e. The van der Waals surface area contributed by atoms with Gasteiger partial charge in [0, 0.05) is 35.1 Å². The molecule has 0 saturated carbocycles. The van der Waals surface area contributed by atoms with E-state index in [4.69, 9.17) is 22.7 Å². The van der Waals surface area contributed by atoms with Gasteiger partial charge in [0.15, 0.2) is 0 Å². The van der Waals surface area contributed by atoms with Crippen molar-refractivity contribution in [2.24, 2.45) is 0 Å². The fourth-order valence-electron chi connectivity index (χ4n) is 3.88. The zero-order valence-corrected chi connectivity index (χ0v) is 20.3. The van der Waals surface area contributed by atoms with Gasteiger partial charge in [-0.25, -0.2) is 0 Å². The van der Waals surface area contributed by atoms with Crippen LogP contribution in [0.5, 0.6) is 0 Å². The van der Waals surface area contributed by atoms with Crippen molar-refractivity contribution in [3.63, 3.8) is 0 Å². The van der Waals surface area contributed by atoms with E-state index < -0.39 is 35.9 Å². The first kappa shape index (κ1) is 23.1. The van der Waals surface area contributed by atoms with Crippen LogP contribution in [0.2, 0.25) is 0 Å². The highest BCUT2D eigenvalue weighted by atomic mass is 27.3. The van der Waals surface area contributed by atoms with Crippen LogP contribution in [0.1, 0.15) is 81.6 Å². The van der Waals surface area contributed by atoms with Crippen LogP contribution in [0.4, 0.5) is 0 Å². The van der Waals surface area contributed by atoms with Crippen LogP contribution in [-0.2, 0) is 22.7 Å². The average Bonchev–Trinajstić information content (AvgIpc) is 2.30. The second kappa shape index (κ2) is 8.68. The molecule has 2 fully saturated rings. The Hall–Kier alpha value is 0.825. The Morgan fingerprint density at radius 1 is 0.962 bits per heavy atom. The SMILES string of the molecule is CC1CC(C)(C)[O][Al]([O]C(C)CC(C)(C)[O][Al]2[O]C(C)CC(C)(C)[O]2)[O]1. The van der Waals surface area contributed by atoms with Crippen LogP contribution in [0.3, 0.4) is 0 Å². The van der Waals surface area contributed by atoms with Gasteiger partial charge in [0.05, 0.1) is 0 Å². The highest BCUT2D eigenvalue weighted by Gasteiger charge is 2.49. The Kier molecular flexibility index (Phi) is 7.71. The maximum atomic E-state index is 6.25. The summed E-state index contributed by atoms with van der Waals surface area (Å²) in [6.45, 7) is 18.7. The lowest BCUT2D eigenvalue weighted by Gasteiger charge is -2.41. The summed E-state index contributed by atoms with van der Waals surface area (Å²) in [7, 11) is 0. The molecule has 3 unspecified atom stereocenters. The van der Waals surface area contributed by atoms with Gasteiger partial charge in [0.1, 0.15) is 0 Å². The molecule has 0 aromatic carbocycles. The van der Waals surface area contributed by atoms with E-state index in [1.54, 1.807) is 0 Å². The molecule has 0 aliphatic carbocycles. The van der Waals surface area contributed by atoms with Gasteiger partial charge < -0.3 is 22.7 Å². The topological polar surface area (TPSA) is 55.4 Å².